The number of nitrogens with zero attached hydrogens (tertiary/aromatic N) is 1. The van der Waals surface area contributed by atoms with Crippen LogP contribution in [-0.4, -0.2) is 24.0 Å². The summed E-state index contributed by atoms with van der Waals surface area (Å²) in [4.78, 5) is 25.0. The minimum absolute atomic E-state index is 0.0269. The van der Waals surface area contributed by atoms with Gasteiger partial charge in [0.25, 0.3) is 0 Å². The summed E-state index contributed by atoms with van der Waals surface area (Å²) >= 11 is 5.22. The van der Waals surface area contributed by atoms with Gasteiger partial charge in [-0.2, -0.15) is 0 Å². The molecule has 0 radical (unpaired) electrons. The van der Waals surface area contributed by atoms with Gasteiger partial charge >= 0.3 is 0 Å². The lowest BCUT2D eigenvalue weighted by Crippen LogP contribution is -2.33. The van der Waals surface area contributed by atoms with Crippen LogP contribution in [0.3, 0.4) is 0 Å². The van der Waals surface area contributed by atoms with Gasteiger partial charge in [-0.25, -0.2) is 0 Å². The van der Waals surface area contributed by atoms with Crippen molar-refractivity contribution < 1.29 is 9.59 Å². The lowest BCUT2D eigenvalue weighted by atomic mass is 10.1. The Bertz CT molecular complexity index is 646. The second-order valence-electron chi connectivity index (χ2n) is 7.91. The van der Waals surface area contributed by atoms with Gasteiger partial charge in [0.15, 0.2) is 5.11 Å². The first-order chi connectivity index (χ1) is 14.4. The van der Waals surface area contributed by atoms with Gasteiger partial charge in [0.05, 0.1) is 0 Å². The Morgan fingerprint density at radius 3 is 1.87 bits per heavy atom. The minimum atomic E-state index is -0.0450. The summed E-state index contributed by atoms with van der Waals surface area (Å²) in [6.45, 7) is 3.77. The molecule has 0 bridgehead atoms. The first-order valence-electron chi connectivity index (χ1n) is 11.4. The second kappa shape index (κ2) is 15.8. The average Bonchev–Trinajstić information content (AvgIpc) is 2.71. The molecule has 0 fully saturated rings. The van der Waals surface area contributed by atoms with Gasteiger partial charge in [0, 0.05) is 31.8 Å². The Labute approximate surface area is 188 Å². The van der Waals surface area contributed by atoms with Gasteiger partial charge in [-0.3, -0.25) is 9.59 Å². The van der Waals surface area contributed by atoms with Crippen LogP contribution in [0.4, 0.5) is 11.4 Å². The predicted molar refractivity (Wildman–Crippen MR) is 131 cm³/mol. The van der Waals surface area contributed by atoms with E-state index in [4.69, 9.17) is 12.2 Å². The van der Waals surface area contributed by atoms with Gasteiger partial charge in [-0.05, 0) is 42.9 Å². The number of carbonyl (C=O) groups excluding carboxylic acids is 2. The Kier molecular flexibility index (Phi) is 13.8. The highest BCUT2D eigenvalue weighted by Crippen LogP contribution is 2.17. The van der Waals surface area contributed by atoms with E-state index >= 15 is 0 Å². The maximum absolute atomic E-state index is 12.0. The van der Waals surface area contributed by atoms with Crippen LogP contribution >= 0.6 is 12.2 Å². The first kappa shape index (κ1) is 26.1. The van der Waals surface area contributed by atoms with Gasteiger partial charge in [-0.15, -0.1) is 0 Å². The molecule has 1 rings (SSSR count). The topological polar surface area (TPSA) is 61.4 Å². The van der Waals surface area contributed by atoms with E-state index in [-0.39, 0.29) is 11.8 Å². The van der Waals surface area contributed by atoms with E-state index in [1.807, 2.05) is 24.3 Å². The standard InChI is InChI=1S/C24H39N3O2S/c1-4-5-6-7-8-9-10-11-12-13-14-15-23(29)26-24(30)25-21-16-18-22(19-17-21)27(3)20(2)28/h16-19H,4-15H2,1-3H3,(H2,25,26,29,30). The molecule has 2 amide bonds. The van der Waals surface area contributed by atoms with E-state index in [1.165, 1.54) is 64.7 Å². The van der Waals surface area contributed by atoms with Crippen LogP contribution in [0.25, 0.3) is 0 Å². The third-order valence-electron chi connectivity index (χ3n) is 5.25. The maximum atomic E-state index is 12.0. The van der Waals surface area contributed by atoms with Crippen molar-refractivity contribution in [2.24, 2.45) is 0 Å². The van der Waals surface area contributed by atoms with Crippen LogP contribution in [0.15, 0.2) is 24.3 Å². The Morgan fingerprint density at radius 1 is 0.867 bits per heavy atom. The largest absolute Gasteiger partial charge is 0.332 e. The summed E-state index contributed by atoms with van der Waals surface area (Å²) in [7, 11) is 1.73. The van der Waals surface area contributed by atoms with Crippen LogP contribution in [0, 0.1) is 0 Å². The van der Waals surface area contributed by atoms with Crippen molar-refractivity contribution in [3.8, 4) is 0 Å². The van der Waals surface area contributed by atoms with Crippen LogP contribution in [0.1, 0.15) is 90.9 Å². The summed E-state index contributed by atoms with van der Waals surface area (Å²) in [6, 6.07) is 7.33. The Balaban J connectivity index is 2.10. The van der Waals surface area contributed by atoms with E-state index in [2.05, 4.69) is 17.6 Å². The zero-order valence-electron chi connectivity index (χ0n) is 19.0. The number of carbonyl (C=O) groups is 2. The number of unbranched alkanes of at least 4 members (excludes halogenated alkanes) is 10. The van der Waals surface area contributed by atoms with E-state index in [9.17, 15) is 9.59 Å². The van der Waals surface area contributed by atoms with E-state index in [0.717, 1.165) is 24.2 Å². The van der Waals surface area contributed by atoms with Crippen LogP contribution in [0.5, 0.6) is 0 Å². The van der Waals surface area contributed by atoms with E-state index in [0.29, 0.717) is 11.5 Å². The van der Waals surface area contributed by atoms with Gasteiger partial charge in [0.1, 0.15) is 0 Å². The molecule has 0 aliphatic rings. The summed E-state index contributed by atoms with van der Waals surface area (Å²) in [5, 5.41) is 6.05. The molecule has 0 aliphatic heterocycles. The van der Waals surface area contributed by atoms with Crippen molar-refractivity contribution in [2.45, 2.75) is 90.9 Å². The lowest BCUT2D eigenvalue weighted by molar-refractivity contribution is -0.119. The molecule has 30 heavy (non-hydrogen) atoms. The monoisotopic (exact) mass is 433 g/mol. The summed E-state index contributed by atoms with van der Waals surface area (Å²) in [6.07, 6.45) is 14.4. The van der Waals surface area contributed by atoms with Crippen molar-refractivity contribution in [1.82, 2.24) is 5.32 Å². The van der Waals surface area contributed by atoms with Gasteiger partial charge in [0.2, 0.25) is 11.8 Å². The number of thiocarbonyl (C=S) groups is 1. The minimum Gasteiger partial charge on any atom is -0.332 e. The molecule has 5 nitrogen and oxygen atoms in total. The third-order valence-corrected chi connectivity index (χ3v) is 5.45. The Hall–Kier alpha value is -1.95. The predicted octanol–water partition coefficient (Wildman–Crippen LogP) is 6.18. The SMILES string of the molecule is CCCCCCCCCCCCCC(=O)NC(=S)Nc1ccc(N(C)C(C)=O)cc1. The molecule has 1 aromatic rings. The average molecular weight is 434 g/mol. The van der Waals surface area contributed by atoms with Crippen LogP contribution < -0.4 is 15.5 Å². The number of hydrogen-bond acceptors (Lipinski definition) is 3. The zero-order valence-corrected chi connectivity index (χ0v) is 19.8. The highest BCUT2D eigenvalue weighted by Gasteiger charge is 2.07. The molecule has 0 aromatic heterocycles. The first-order valence-corrected chi connectivity index (χ1v) is 11.8. The molecule has 0 aliphatic carbocycles. The molecule has 2 N–H and O–H groups in total. The van der Waals surface area contributed by atoms with Crippen LogP contribution in [-0.2, 0) is 9.59 Å². The molecular weight excluding hydrogens is 394 g/mol. The van der Waals surface area contributed by atoms with Crippen molar-refractivity contribution in [3.63, 3.8) is 0 Å². The summed E-state index contributed by atoms with van der Waals surface area (Å²) < 4.78 is 0. The molecular formula is C24H39N3O2S. The van der Waals surface area contributed by atoms with E-state index in [1.54, 1.807) is 11.9 Å². The molecule has 0 spiro atoms. The fourth-order valence-corrected chi connectivity index (χ4v) is 3.48. The smallest absolute Gasteiger partial charge is 0.226 e. The molecule has 168 valence electrons. The molecule has 0 heterocycles. The van der Waals surface area contributed by atoms with E-state index < -0.39 is 0 Å². The second-order valence-corrected chi connectivity index (χ2v) is 8.32. The zero-order chi connectivity index (χ0) is 22.2. The molecule has 0 unspecified atom stereocenters. The number of benzene rings is 1. The fourth-order valence-electron chi connectivity index (χ4n) is 3.25. The van der Waals surface area contributed by atoms with Crippen molar-refractivity contribution in [2.75, 3.05) is 17.3 Å². The van der Waals surface area contributed by atoms with Crippen molar-refractivity contribution in [3.05, 3.63) is 24.3 Å². The number of nitrogens with one attached hydrogen (secondary N) is 2. The van der Waals surface area contributed by atoms with Crippen molar-refractivity contribution in [1.29, 1.82) is 0 Å². The van der Waals surface area contributed by atoms with Crippen LogP contribution in [0.2, 0.25) is 0 Å². The number of amides is 2. The molecule has 6 heteroatoms. The maximum Gasteiger partial charge on any atom is 0.226 e. The Morgan fingerprint density at radius 2 is 1.37 bits per heavy atom. The fraction of sp³-hybridized carbons (Fsp3) is 0.625. The van der Waals surface area contributed by atoms with Gasteiger partial charge < -0.3 is 15.5 Å². The molecule has 1 aromatic carbocycles. The lowest BCUT2D eigenvalue weighted by Gasteiger charge is -2.16. The number of rotatable bonds is 14. The molecule has 0 atom stereocenters. The van der Waals surface area contributed by atoms with Crippen molar-refractivity contribution >= 4 is 40.5 Å². The third kappa shape index (κ3) is 11.9. The summed E-state index contributed by atoms with van der Waals surface area (Å²) in [5.41, 5.74) is 1.58. The number of anilines is 2. The quantitative estimate of drug-likeness (QED) is 0.271. The number of hydrogen-bond donors (Lipinski definition) is 2. The summed E-state index contributed by atoms with van der Waals surface area (Å²) in [5.74, 6) is -0.0720. The molecule has 0 saturated carbocycles. The van der Waals surface area contributed by atoms with Gasteiger partial charge in [-0.1, -0.05) is 71.1 Å². The highest BCUT2D eigenvalue weighted by atomic mass is 32.1. The highest BCUT2D eigenvalue weighted by molar-refractivity contribution is 7.80. The normalized spacial score (nSPS) is 10.5. The molecule has 0 saturated heterocycles.